The van der Waals surface area contributed by atoms with Crippen molar-refractivity contribution in [3.05, 3.63) is 65.2 Å². The van der Waals surface area contributed by atoms with E-state index in [-0.39, 0.29) is 29.2 Å². The molecule has 0 heterocycles. The van der Waals surface area contributed by atoms with Crippen LogP contribution in [0.5, 0.6) is 5.75 Å². The Morgan fingerprint density at radius 2 is 1.19 bits per heavy atom. The fourth-order valence-corrected chi connectivity index (χ4v) is 4.51. The fraction of sp³-hybridized carbons (Fsp3) is 0.576. The first kappa shape index (κ1) is 30.6. The summed E-state index contributed by atoms with van der Waals surface area (Å²) in [6, 6.07) is 16.6. The van der Waals surface area contributed by atoms with Crippen molar-refractivity contribution in [3.63, 3.8) is 0 Å². The van der Waals surface area contributed by atoms with Crippen molar-refractivity contribution in [2.45, 2.75) is 111 Å². The van der Waals surface area contributed by atoms with Gasteiger partial charge in [0.1, 0.15) is 11.4 Å². The van der Waals surface area contributed by atoms with Gasteiger partial charge in [0, 0.05) is 5.41 Å². The Hall–Kier alpha value is -2.62. The third-order valence-electron chi connectivity index (χ3n) is 8.16. The molecule has 4 nitrogen and oxygen atoms in total. The van der Waals surface area contributed by atoms with E-state index in [9.17, 15) is 9.59 Å². The second-order valence-corrected chi connectivity index (χ2v) is 11.4. The number of rotatable bonds is 13. The molecule has 2 atom stereocenters. The summed E-state index contributed by atoms with van der Waals surface area (Å²) in [5, 5.41) is 0. The number of carbonyl (C=O) groups excluding carboxylic acids is 2. The van der Waals surface area contributed by atoms with Crippen molar-refractivity contribution in [1.82, 2.24) is 0 Å². The average Bonchev–Trinajstić information content (AvgIpc) is 2.89. The molecule has 0 aliphatic heterocycles. The van der Waals surface area contributed by atoms with Crippen LogP contribution in [0, 0.1) is 11.8 Å². The number of carbonyl (C=O) groups is 2. The molecule has 0 radical (unpaired) electrons. The predicted octanol–water partition coefficient (Wildman–Crippen LogP) is 8.61. The van der Waals surface area contributed by atoms with Crippen LogP contribution >= 0.6 is 0 Å². The van der Waals surface area contributed by atoms with Crippen molar-refractivity contribution >= 4 is 11.9 Å². The number of hydrogen-bond acceptors (Lipinski definition) is 4. The van der Waals surface area contributed by atoms with Gasteiger partial charge in [-0.25, -0.2) is 0 Å². The molecule has 0 aliphatic carbocycles. The maximum absolute atomic E-state index is 13.0. The zero-order valence-corrected chi connectivity index (χ0v) is 24.5. The van der Waals surface area contributed by atoms with E-state index in [1.54, 1.807) is 0 Å². The van der Waals surface area contributed by atoms with Crippen LogP contribution in [0.2, 0.25) is 0 Å². The average molecular weight is 509 g/mol. The highest BCUT2D eigenvalue weighted by Gasteiger charge is 2.32. The van der Waals surface area contributed by atoms with Gasteiger partial charge in [-0.3, -0.25) is 9.59 Å². The summed E-state index contributed by atoms with van der Waals surface area (Å²) in [6.45, 7) is 18.8. The van der Waals surface area contributed by atoms with Gasteiger partial charge in [0.15, 0.2) is 0 Å². The molecule has 0 N–H and O–H groups in total. The second kappa shape index (κ2) is 13.3. The first-order valence-corrected chi connectivity index (χ1v) is 14.1. The lowest BCUT2D eigenvalue weighted by Crippen LogP contribution is -2.34. The number of esters is 2. The largest absolute Gasteiger partial charge is 0.459 e. The third kappa shape index (κ3) is 7.93. The summed E-state index contributed by atoms with van der Waals surface area (Å²) in [7, 11) is 0. The van der Waals surface area contributed by atoms with E-state index < -0.39 is 5.60 Å². The minimum Gasteiger partial charge on any atom is -0.459 e. The van der Waals surface area contributed by atoms with E-state index in [2.05, 4.69) is 52.0 Å². The van der Waals surface area contributed by atoms with Crippen LogP contribution in [-0.4, -0.2) is 17.5 Å². The Morgan fingerprint density at radius 1 is 0.730 bits per heavy atom. The summed E-state index contributed by atoms with van der Waals surface area (Å²) in [5.74, 6) is -0.156. The molecular formula is C33H48O4. The van der Waals surface area contributed by atoms with E-state index in [1.165, 1.54) is 11.1 Å². The van der Waals surface area contributed by atoms with Crippen molar-refractivity contribution in [2.24, 2.45) is 11.8 Å². The van der Waals surface area contributed by atoms with Gasteiger partial charge >= 0.3 is 11.9 Å². The van der Waals surface area contributed by atoms with Crippen LogP contribution in [-0.2, 0) is 19.7 Å². The standard InChI is InChI=1S/C33H48O4/c1-10-24(22-25(11-2)31(35)37-33(9,12-3)13-4)30(34)36-29-20-18-28(19-21-29)32(7,8)27-16-14-26(15-17-27)23(5)6/h14-21,23-25H,10-13,22H2,1-9H3. The zero-order chi connectivity index (χ0) is 27.8. The summed E-state index contributed by atoms with van der Waals surface area (Å²) in [6.07, 6.45) is 3.21. The van der Waals surface area contributed by atoms with Crippen LogP contribution in [0.25, 0.3) is 0 Å². The maximum atomic E-state index is 13.0. The quantitative estimate of drug-likeness (QED) is 0.201. The first-order chi connectivity index (χ1) is 17.4. The Balaban J connectivity index is 2.08. The molecule has 204 valence electrons. The maximum Gasteiger partial charge on any atom is 0.314 e. The SMILES string of the molecule is CCC(CC(CC)C(=O)OC(C)(CC)CC)C(=O)Oc1ccc(C(C)(C)c2ccc(C(C)C)cc2)cc1. The monoisotopic (exact) mass is 508 g/mol. The van der Waals surface area contributed by atoms with E-state index in [1.807, 2.05) is 58.9 Å². The van der Waals surface area contributed by atoms with Crippen molar-refractivity contribution in [2.75, 3.05) is 0 Å². The lowest BCUT2D eigenvalue weighted by Gasteiger charge is -2.30. The molecule has 2 aromatic rings. The molecule has 0 aliphatic rings. The van der Waals surface area contributed by atoms with E-state index in [0.29, 0.717) is 30.9 Å². The van der Waals surface area contributed by atoms with Crippen LogP contribution in [0.15, 0.2) is 48.5 Å². The van der Waals surface area contributed by atoms with E-state index >= 15 is 0 Å². The van der Waals surface area contributed by atoms with Gasteiger partial charge in [-0.15, -0.1) is 0 Å². The highest BCUT2D eigenvalue weighted by Crippen LogP contribution is 2.34. The molecule has 0 amide bonds. The molecule has 0 fully saturated rings. The third-order valence-corrected chi connectivity index (χ3v) is 8.16. The molecule has 37 heavy (non-hydrogen) atoms. The molecule has 0 saturated heterocycles. The highest BCUT2D eigenvalue weighted by molar-refractivity contribution is 5.77. The summed E-state index contributed by atoms with van der Waals surface area (Å²) >= 11 is 0. The smallest absolute Gasteiger partial charge is 0.314 e. The molecule has 0 spiro atoms. The van der Waals surface area contributed by atoms with Gasteiger partial charge in [0.2, 0.25) is 0 Å². The summed E-state index contributed by atoms with van der Waals surface area (Å²) in [4.78, 5) is 25.9. The molecule has 2 rings (SSSR count). The first-order valence-electron chi connectivity index (χ1n) is 14.1. The van der Waals surface area contributed by atoms with Gasteiger partial charge in [0.05, 0.1) is 11.8 Å². The van der Waals surface area contributed by atoms with Gasteiger partial charge in [-0.1, -0.05) is 91.8 Å². The topological polar surface area (TPSA) is 52.6 Å². The zero-order valence-electron chi connectivity index (χ0n) is 24.5. The lowest BCUT2D eigenvalue weighted by molar-refractivity contribution is -0.165. The van der Waals surface area contributed by atoms with Gasteiger partial charge in [-0.2, -0.15) is 0 Å². The van der Waals surface area contributed by atoms with Crippen molar-refractivity contribution in [1.29, 1.82) is 0 Å². The van der Waals surface area contributed by atoms with E-state index in [4.69, 9.17) is 9.47 Å². The Kier molecular flexibility index (Phi) is 11.0. The molecule has 0 bridgehead atoms. The van der Waals surface area contributed by atoms with Crippen molar-refractivity contribution in [3.8, 4) is 5.75 Å². The van der Waals surface area contributed by atoms with Gasteiger partial charge in [-0.05, 0) is 73.8 Å². The predicted molar refractivity (Wildman–Crippen MR) is 152 cm³/mol. The van der Waals surface area contributed by atoms with Crippen LogP contribution < -0.4 is 4.74 Å². The van der Waals surface area contributed by atoms with Crippen molar-refractivity contribution < 1.29 is 19.1 Å². The minimum absolute atomic E-state index is 0.176. The molecular weight excluding hydrogens is 460 g/mol. The molecule has 0 saturated carbocycles. The van der Waals surface area contributed by atoms with Crippen LogP contribution in [0.4, 0.5) is 0 Å². The highest BCUT2D eigenvalue weighted by atomic mass is 16.6. The van der Waals surface area contributed by atoms with Crippen LogP contribution in [0.1, 0.15) is 117 Å². The summed E-state index contributed by atoms with van der Waals surface area (Å²) in [5.41, 5.74) is 3.09. The second-order valence-electron chi connectivity index (χ2n) is 11.4. The molecule has 2 aromatic carbocycles. The fourth-order valence-electron chi connectivity index (χ4n) is 4.51. The van der Waals surface area contributed by atoms with Crippen LogP contribution in [0.3, 0.4) is 0 Å². The molecule has 0 aromatic heterocycles. The minimum atomic E-state index is -0.460. The Bertz CT molecular complexity index is 998. The molecule has 4 heteroatoms. The number of ether oxygens (including phenoxy) is 2. The lowest BCUT2D eigenvalue weighted by atomic mass is 9.77. The number of hydrogen-bond donors (Lipinski definition) is 0. The summed E-state index contributed by atoms with van der Waals surface area (Å²) < 4.78 is 11.6. The van der Waals surface area contributed by atoms with E-state index in [0.717, 1.165) is 18.4 Å². The normalized spacial score (nSPS) is 13.8. The Morgan fingerprint density at radius 3 is 1.62 bits per heavy atom. The van der Waals surface area contributed by atoms with Gasteiger partial charge in [0.25, 0.3) is 0 Å². The molecule has 2 unspecified atom stereocenters. The Labute approximate surface area is 225 Å². The number of benzene rings is 2. The van der Waals surface area contributed by atoms with Gasteiger partial charge < -0.3 is 9.47 Å².